The third kappa shape index (κ3) is 3.90. The maximum atomic E-state index is 11.9. The van der Waals surface area contributed by atoms with Crippen molar-refractivity contribution in [1.29, 1.82) is 0 Å². The smallest absolute Gasteiger partial charge is 0.330 e. The zero-order valence-electron chi connectivity index (χ0n) is 11.4. The number of hydrogen-bond acceptors (Lipinski definition) is 5. The van der Waals surface area contributed by atoms with Gasteiger partial charge in [0.1, 0.15) is 6.04 Å². The van der Waals surface area contributed by atoms with Crippen LogP contribution in [0.25, 0.3) is 0 Å². The van der Waals surface area contributed by atoms with Gasteiger partial charge in [0.25, 0.3) is 0 Å². The Labute approximate surface area is 113 Å². The molecule has 0 bridgehead atoms. The first kappa shape index (κ1) is 15.9. The van der Waals surface area contributed by atoms with Crippen molar-refractivity contribution in [1.82, 2.24) is 9.62 Å². The fourth-order valence-corrected chi connectivity index (χ4v) is 2.90. The Hall–Kier alpha value is -1.15. The van der Waals surface area contributed by atoms with Crippen LogP contribution in [-0.4, -0.2) is 56.7 Å². The molecule has 1 fully saturated rings. The summed E-state index contributed by atoms with van der Waals surface area (Å²) in [5.41, 5.74) is 0. The van der Waals surface area contributed by atoms with Crippen LogP contribution in [-0.2, 0) is 24.3 Å². The van der Waals surface area contributed by atoms with E-state index >= 15 is 0 Å². The number of rotatable bonds is 5. The zero-order chi connectivity index (χ0) is 14.6. The van der Waals surface area contributed by atoms with Gasteiger partial charge in [-0.25, -0.2) is 17.9 Å². The molecule has 0 aromatic rings. The highest BCUT2D eigenvalue weighted by Gasteiger charge is 2.41. The van der Waals surface area contributed by atoms with Crippen LogP contribution in [0.5, 0.6) is 0 Å². The van der Waals surface area contributed by atoms with Gasteiger partial charge in [-0.05, 0) is 20.3 Å². The predicted octanol–water partition coefficient (Wildman–Crippen LogP) is -0.522. The van der Waals surface area contributed by atoms with Gasteiger partial charge in [0.05, 0.1) is 18.4 Å². The number of likely N-dealkylation sites (tertiary alicyclic amines) is 1. The molecule has 1 N–H and O–H groups in total. The number of nitrogens with one attached hydrogen (secondary N) is 1. The molecule has 0 spiro atoms. The summed E-state index contributed by atoms with van der Waals surface area (Å²) in [6, 6.07) is -1.53. The van der Waals surface area contributed by atoms with E-state index in [1.807, 2.05) is 0 Å². The number of carbonyl (C=O) groups excluding carboxylic acids is 2. The molecule has 0 radical (unpaired) electrons. The number of carbonyl (C=O) groups is 2. The number of esters is 1. The molecule has 1 aliphatic rings. The number of hydrogen-bond donors (Lipinski definition) is 1. The van der Waals surface area contributed by atoms with E-state index < -0.39 is 28.1 Å². The largest absolute Gasteiger partial charge is 0.464 e. The zero-order valence-corrected chi connectivity index (χ0v) is 12.2. The van der Waals surface area contributed by atoms with E-state index in [1.54, 1.807) is 6.92 Å². The van der Waals surface area contributed by atoms with Gasteiger partial charge in [-0.2, -0.15) is 0 Å². The Balaban J connectivity index is 2.93. The molecule has 2 unspecified atom stereocenters. The van der Waals surface area contributed by atoms with Gasteiger partial charge >= 0.3 is 5.97 Å². The number of nitrogens with zero attached hydrogens (tertiary/aromatic N) is 1. The Morgan fingerprint density at radius 3 is 2.63 bits per heavy atom. The third-order valence-corrected chi connectivity index (χ3v) is 4.52. The fraction of sp³-hybridized carbons (Fsp3) is 0.818. The molecule has 0 saturated carbocycles. The van der Waals surface area contributed by atoms with Gasteiger partial charge in [0, 0.05) is 13.5 Å². The number of piperidine rings is 1. The maximum absolute atomic E-state index is 11.9. The van der Waals surface area contributed by atoms with Gasteiger partial charge in [0.15, 0.2) is 0 Å². The van der Waals surface area contributed by atoms with Crippen molar-refractivity contribution in [2.75, 3.05) is 19.4 Å². The molecule has 1 aliphatic heterocycles. The molecule has 1 amide bonds. The maximum Gasteiger partial charge on any atom is 0.330 e. The van der Waals surface area contributed by atoms with Gasteiger partial charge in [-0.3, -0.25) is 4.79 Å². The molecule has 19 heavy (non-hydrogen) atoms. The van der Waals surface area contributed by atoms with E-state index in [9.17, 15) is 18.0 Å². The summed E-state index contributed by atoms with van der Waals surface area (Å²) in [6.07, 6.45) is 0.509. The molecular weight excluding hydrogens is 272 g/mol. The SMILES string of the molecule is CCOC(=O)C1C(NS(=O)(=O)CC)CCC(=O)N1C. The van der Waals surface area contributed by atoms with Crippen molar-refractivity contribution in [3.8, 4) is 0 Å². The Morgan fingerprint density at radius 1 is 1.47 bits per heavy atom. The molecule has 2 atom stereocenters. The van der Waals surface area contributed by atoms with Crippen molar-refractivity contribution in [3.63, 3.8) is 0 Å². The molecule has 0 aliphatic carbocycles. The minimum Gasteiger partial charge on any atom is -0.464 e. The van der Waals surface area contributed by atoms with Gasteiger partial charge < -0.3 is 9.64 Å². The summed E-state index contributed by atoms with van der Waals surface area (Å²) >= 11 is 0. The molecule has 0 aromatic carbocycles. The molecule has 7 nitrogen and oxygen atoms in total. The average molecular weight is 292 g/mol. The molecule has 1 heterocycles. The highest BCUT2D eigenvalue weighted by atomic mass is 32.2. The van der Waals surface area contributed by atoms with Gasteiger partial charge in [0.2, 0.25) is 15.9 Å². The number of likely N-dealkylation sites (N-methyl/N-ethyl adjacent to an activating group) is 1. The lowest BCUT2D eigenvalue weighted by Crippen LogP contribution is -2.59. The van der Waals surface area contributed by atoms with E-state index in [0.717, 1.165) is 0 Å². The molecule has 0 aromatic heterocycles. The van der Waals surface area contributed by atoms with Crippen LogP contribution >= 0.6 is 0 Å². The van der Waals surface area contributed by atoms with Gasteiger partial charge in [-0.15, -0.1) is 0 Å². The minimum atomic E-state index is -3.44. The van der Waals surface area contributed by atoms with Crippen LogP contribution in [0.4, 0.5) is 0 Å². The number of ether oxygens (including phenoxy) is 1. The highest BCUT2D eigenvalue weighted by molar-refractivity contribution is 7.89. The van der Waals surface area contributed by atoms with Crippen molar-refractivity contribution in [2.45, 2.75) is 38.8 Å². The first-order valence-corrected chi connectivity index (χ1v) is 7.90. The normalized spacial score (nSPS) is 24.4. The summed E-state index contributed by atoms with van der Waals surface area (Å²) in [6.45, 7) is 3.36. The minimum absolute atomic E-state index is 0.0727. The second-order valence-electron chi connectivity index (χ2n) is 4.37. The number of amides is 1. The first-order valence-electron chi connectivity index (χ1n) is 6.24. The third-order valence-electron chi connectivity index (χ3n) is 3.10. The molecule has 1 rings (SSSR count). The standard InChI is InChI=1S/C11H20N2O5S/c1-4-18-11(15)10-8(12-19(16,17)5-2)6-7-9(14)13(10)3/h8,10,12H,4-7H2,1-3H3. The summed E-state index contributed by atoms with van der Waals surface area (Å²) < 4.78 is 30.6. The summed E-state index contributed by atoms with van der Waals surface area (Å²) in [5.74, 6) is -0.844. The topological polar surface area (TPSA) is 92.8 Å². The molecular formula is C11H20N2O5S. The lowest BCUT2D eigenvalue weighted by Gasteiger charge is -2.37. The predicted molar refractivity (Wildman–Crippen MR) is 68.8 cm³/mol. The Kier molecular flexibility index (Phi) is 5.30. The number of sulfonamides is 1. The van der Waals surface area contributed by atoms with E-state index in [4.69, 9.17) is 4.74 Å². The van der Waals surface area contributed by atoms with Crippen LogP contribution < -0.4 is 4.72 Å². The van der Waals surface area contributed by atoms with Crippen molar-refractivity contribution >= 4 is 21.9 Å². The summed E-state index contributed by atoms with van der Waals surface area (Å²) in [5, 5.41) is 0. The van der Waals surface area contributed by atoms with E-state index in [1.165, 1.54) is 18.9 Å². The Bertz CT molecular complexity index is 448. The monoisotopic (exact) mass is 292 g/mol. The fourth-order valence-electron chi connectivity index (χ4n) is 2.03. The summed E-state index contributed by atoms with van der Waals surface area (Å²) in [7, 11) is -1.95. The lowest BCUT2D eigenvalue weighted by molar-refractivity contribution is -0.157. The average Bonchev–Trinajstić information content (AvgIpc) is 2.34. The van der Waals surface area contributed by atoms with E-state index in [-0.39, 0.29) is 24.7 Å². The second kappa shape index (κ2) is 6.33. The van der Waals surface area contributed by atoms with E-state index in [2.05, 4.69) is 4.72 Å². The van der Waals surface area contributed by atoms with Crippen molar-refractivity contribution in [3.05, 3.63) is 0 Å². The second-order valence-corrected chi connectivity index (χ2v) is 6.41. The van der Waals surface area contributed by atoms with Crippen LogP contribution in [0.2, 0.25) is 0 Å². The van der Waals surface area contributed by atoms with Crippen molar-refractivity contribution < 1.29 is 22.7 Å². The first-order chi connectivity index (χ1) is 8.82. The van der Waals surface area contributed by atoms with Crippen LogP contribution in [0.15, 0.2) is 0 Å². The lowest BCUT2D eigenvalue weighted by atomic mass is 9.97. The molecule has 110 valence electrons. The van der Waals surface area contributed by atoms with Crippen LogP contribution in [0, 0.1) is 0 Å². The van der Waals surface area contributed by atoms with Crippen molar-refractivity contribution in [2.24, 2.45) is 0 Å². The van der Waals surface area contributed by atoms with Gasteiger partial charge in [-0.1, -0.05) is 0 Å². The molecule has 1 saturated heterocycles. The highest BCUT2D eigenvalue weighted by Crippen LogP contribution is 2.19. The summed E-state index contributed by atoms with van der Waals surface area (Å²) in [4.78, 5) is 24.8. The Morgan fingerprint density at radius 2 is 2.11 bits per heavy atom. The molecule has 8 heteroatoms. The quantitative estimate of drug-likeness (QED) is 0.688. The van der Waals surface area contributed by atoms with Crippen LogP contribution in [0.3, 0.4) is 0 Å². The van der Waals surface area contributed by atoms with E-state index in [0.29, 0.717) is 6.42 Å². The van der Waals surface area contributed by atoms with Crippen LogP contribution in [0.1, 0.15) is 26.7 Å².